The number of rotatable bonds is 4. The summed E-state index contributed by atoms with van der Waals surface area (Å²) >= 11 is 0. The van der Waals surface area contributed by atoms with E-state index in [2.05, 4.69) is 6.58 Å². The number of nitrogens with one attached hydrogen (secondary N) is 1. The predicted octanol–water partition coefficient (Wildman–Crippen LogP) is 1.98. The van der Waals surface area contributed by atoms with Crippen molar-refractivity contribution in [1.29, 1.82) is 5.41 Å². The maximum atomic E-state index is 10.4. The average Bonchev–Trinajstić information content (AvgIpc) is 2.19. The third kappa shape index (κ3) is 2.55. The van der Waals surface area contributed by atoms with Crippen molar-refractivity contribution in [1.82, 2.24) is 0 Å². The van der Waals surface area contributed by atoms with E-state index in [4.69, 9.17) is 10.5 Å². The second kappa shape index (κ2) is 4.37. The third-order valence-corrected chi connectivity index (χ3v) is 1.85. The van der Waals surface area contributed by atoms with Crippen LogP contribution in [0, 0.1) is 5.41 Å². The minimum absolute atomic E-state index is 0.159. The number of carbonyl (C=O) groups is 1. The normalized spacial score (nSPS) is 9.43. The zero-order valence-electron chi connectivity index (χ0n) is 7.66. The van der Waals surface area contributed by atoms with E-state index in [0.29, 0.717) is 0 Å². The number of carboxylic acid groups (broad SMARTS) is 1. The van der Waals surface area contributed by atoms with Crippen LogP contribution in [0.1, 0.15) is 11.1 Å². The van der Waals surface area contributed by atoms with Gasteiger partial charge in [0.25, 0.3) is 0 Å². The molecule has 0 aliphatic carbocycles. The topological polar surface area (TPSA) is 61.2 Å². The smallest absolute Gasteiger partial charge is 0.349 e. The van der Waals surface area contributed by atoms with Gasteiger partial charge in [0.2, 0.25) is 0 Å². The summed E-state index contributed by atoms with van der Waals surface area (Å²) in [4.78, 5) is 10.4. The van der Waals surface area contributed by atoms with Gasteiger partial charge >= 0.3 is 5.97 Å². The highest BCUT2D eigenvalue weighted by Crippen LogP contribution is 2.06. The second-order valence-electron chi connectivity index (χ2n) is 2.91. The van der Waals surface area contributed by atoms with Crippen LogP contribution in [0.4, 0.5) is 0 Å². The van der Waals surface area contributed by atoms with Crippen LogP contribution in [0.25, 0.3) is 6.08 Å². The molecule has 0 heterocycles. The molecule has 0 radical (unpaired) electrons. The fourth-order valence-electron chi connectivity index (χ4n) is 1.05. The Bertz CT molecular complexity index is 365. The Balaban J connectivity index is 2.73. The van der Waals surface area contributed by atoms with Crippen molar-refractivity contribution in [2.45, 2.75) is 6.42 Å². The molecule has 1 aromatic rings. The van der Waals surface area contributed by atoms with Crippen LogP contribution in [-0.2, 0) is 11.2 Å². The molecule has 0 aliphatic heterocycles. The van der Waals surface area contributed by atoms with Crippen molar-refractivity contribution in [2.24, 2.45) is 0 Å². The number of benzene rings is 1. The van der Waals surface area contributed by atoms with Gasteiger partial charge in [-0.05, 0) is 11.1 Å². The van der Waals surface area contributed by atoms with Gasteiger partial charge in [-0.3, -0.25) is 5.41 Å². The Morgan fingerprint density at radius 3 is 2.43 bits per heavy atom. The molecule has 1 aromatic carbocycles. The van der Waals surface area contributed by atoms with Gasteiger partial charge in [0.1, 0.15) is 5.71 Å². The molecule has 0 atom stereocenters. The first kappa shape index (κ1) is 10.2. The van der Waals surface area contributed by atoms with Crippen molar-refractivity contribution in [2.75, 3.05) is 0 Å². The SMILES string of the molecule is C=Cc1ccc(CC(=N)C(=O)O)cc1. The predicted molar refractivity (Wildman–Crippen MR) is 55.6 cm³/mol. The van der Waals surface area contributed by atoms with Crippen molar-refractivity contribution < 1.29 is 9.90 Å². The zero-order chi connectivity index (χ0) is 10.6. The maximum absolute atomic E-state index is 10.4. The Kier molecular flexibility index (Phi) is 3.18. The third-order valence-electron chi connectivity index (χ3n) is 1.85. The lowest BCUT2D eigenvalue weighted by Gasteiger charge is -2.00. The summed E-state index contributed by atoms with van der Waals surface area (Å²) in [6, 6.07) is 7.29. The van der Waals surface area contributed by atoms with Gasteiger partial charge in [0, 0.05) is 6.42 Å². The lowest BCUT2D eigenvalue weighted by atomic mass is 10.1. The van der Waals surface area contributed by atoms with Gasteiger partial charge in [-0.2, -0.15) is 0 Å². The molecule has 0 amide bonds. The van der Waals surface area contributed by atoms with Gasteiger partial charge in [0.15, 0.2) is 0 Å². The lowest BCUT2D eigenvalue weighted by molar-refractivity contribution is -0.129. The molecule has 14 heavy (non-hydrogen) atoms. The molecule has 3 heteroatoms. The number of hydrogen-bond donors (Lipinski definition) is 2. The largest absolute Gasteiger partial charge is 0.477 e. The van der Waals surface area contributed by atoms with Gasteiger partial charge in [0.05, 0.1) is 0 Å². The molecule has 0 saturated heterocycles. The maximum Gasteiger partial charge on any atom is 0.349 e. The van der Waals surface area contributed by atoms with Gasteiger partial charge in [-0.25, -0.2) is 4.79 Å². The van der Waals surface area contributed by atoms with Crippen LogP contribution in [0.5, 0.6) is 0 Å². The molecule has 0 saturated carbocycles. The van der Waals surface area contributed by atoms with Crippen molar-refractivity contribution in [3.63, 3.8) is 0 Å². The monoisotopic (exact) mass is 189 g/mol. The number of hydrogen-bond acceptors (Lipinski definition) is 2. The van der Waals surface area contributed by atoms with E-state index < -0.39 is 5.97 Å². The molecule has 0 spiro atoms. The fraction of sp³-hybridized carbons (Fsp3) is 0.0909. The summed E-state index contributed by atoms with van der Waals surface area (Å²) in [7, 11) is 0. The average molecular weight is 189 g/mol. The van der Waals surface area contributed by atoms with E-state index in [1.54, 1.807) is 18.2 Å². The van der Waals surface area contributed by atoms with E-state index in [1.807, 2.05) is 12.1 Å². The van der Waals surface area contributed by atoms with Crippen LogP contribution in [-0.4, -0.2) is 16.8 Å². The Morgan fingerprint density at radius 1 is 1.43 bits per heavy atom. The Hall–Kier alpha value is -1.90. The first-order chi connectivity index (χ1) is 6.63. The molecule has 72 valence electrons. The minimum Gasteiger partial charge on any atom is -0.477 e. The summed E-state index contributed by atoms with van der Waals surface area (Å²) in [5, 5.41) is 15.7. The highest BCUT2D eigenvalue weighted by molar-refractivity contribution is 6.34. The van der Waals surface area contributed by atoms with Gasteiger partial charge < -0.3 is 5.11 Å². The molecular formula is C11H11NO2. The number of carboxylic acids is 1. The van der Waals surface area contributed by atoms with Gasteiger partial charge in [-0.1, -0.05) is 36.9 Å². The molecule has 2 N–H and O–H groups in total. The fourth-order valence-corrected chi connectivity index (χ4v) is 1.05. The summed E-state index contributed by atoms with van der Waals surface area (Å²) in [5.41, 5.74) is 1.51. The molecule has 0 aromatic heterocycles. The quantitative estimate of drug-likeness (QED) is 0.711. The first-order valence-corrected chi connectivity index (χ1v) is 4.15. The summed E-state index contributed by atoms with van der Waals surface area (Å²) in [5.74, 6) is -1.17. The minimum atomic E-state index is -1.17. The standard InChI is InChI=1S/C11H11NO2/c1-2-8-3-5-9(6-4-8)7-10(12)11(13)14/h2-6,12H,1,7H2,(H,13,14). The summed E-state index contributed by atoms with van der Waals surface area (Å²) < 4.78 is 0. The number of aliphatic carboxylic acids is 1. The van der Waals surface area contributed by atoms with E-state index in [-0.39, 0.29) is 12.1 Å². The van der Waals surface area contributed by atoms with Crippen LogP contribution < -0.4 is 0 Å². The molecule has 3 nitrogen and oxygen atoms in total. The molecule has 0 bridgehead atoms. The lowest BCUT2D eigenvalue weighted by Crippen LogP contribution is -2.14. The molecule has 0 unspecified atom stereocenters. The highest BCUT2D eigenvalue weighted by Gasteiger charge is 2.06. The van der Waals surface area contributed by atoms with E-state index in [1.165, 1.54) is 0 Å². The zero-order valence-corrected chi connectivity index (χ0v) is 7.66. The first-order valence-electron chi connectivity index (χ1n) is 4.15. The molecule has 0 aliphatic rings. The Labute approximate surface area is 82.2 Å². The molecule has 1 rings (SSSR count). The van der Waals surface area contributed by atoms with Crippen molar-refractivity contribution >= 4 is 17.8 Å². The Morgan fingerprint density at radius 2 is 2.00 bits per heavy atom. The van der Waals surface area contributed by atoms with Crippen molar-refractivity contribution in [3.8, 4) is 0 Å². The van der Waals surface area contributed by atoms with Crippen molar-refractivity contribution in [3.05, 3.63) is 42.0 Å². The van der Waals surface area contributed by atoms with Crippen LogP contribution in [0.15, 0.2) is 30.8 Å². The second-order valence-corrected chi connectivity index (χ2v) is 2.91. The van der Waals surface area contributed by atoms with Crippen LogP contribution in [0.3, 0.4) is 0 Å². The van der Waals surface area contributed by atoms with E-state index >= 15 is 0 Å². The molecule has 0 fully saturated rings. The van der Waals surface area contributed by atoms with E-state index in [0.717, 1.165) is 11.1 Å². The summed E-state index contributed by atoms with van der Waals surface area (Å²) in [6.45, 7) is 3.61. The van der Waals surface area contributed by atoms with E-state index in [9.17, 15) is 4.79 Å². The molecular weight excluding hydrogens is 178 g/mol. The highest BCUT2D eigenvalue weighted by atomic mass is 16.4. The van der Waals surface area contributed by atoms with Crippen LogP contribution in [0.2, 0.25) is 0 Å². The van der Waals surface area contributed by atoms with Gasteiger partial charge in [-0.15, -0.1) is 0 Å². The summed E-state index contributed by atoms with van der Waals surface area (Å²) in [6.07, 6.45) is 1.87. The van der Waals surface area contributed by atoms with Crippen LogP contribution >= 0.6 is 0 Å².